The fraction of sp³-hybridized carbons (Fsp3) is 0.158. The molecule has 3 aromatic rings. The molecule has 0 spiro atoms. The number of aromatic nitrogens is 1. The zero-order valence-electron chi connectivity index (χ0n) is 13.7. The van der Waals surface area contributed by atoms with Crippen LogP contribution in [-0.4, -0.2) is 23.1 Å². The third-order valence-electron chi connectivity index (χ3n) is 4.64. The summed E-state index contributed by atoms with van der Waals surface area (Å²) in [6.45, 7) is 0. The van der Waals surface area contributed by atoms with Gasteiger partial charge in [-0.2, -0.15) is 5.26 Å². The SMILES string of the molecule is COc1cc(C2c3ccc4cc[nH]c4c3OC(=N)C2C#N)cc(Br)c1O. The van der Waals surface area contributed by atoms with Crippen LogP contribution in [0.3, 0.4) is 0 Å². The second-order valence-electron chi connectivity index (χ2n) is 6.03. The molecule has 0 bridgehead atoms. The standard InChI is InChI=1S/C19H14BrN3O3/c1-25-14-7-10(6-13(20)17(14)24)15-11-3-2-9-4-5-23-16(9)18(11)26-19(22)12(15)8-21/h2-7,12,15,22-24H,1H3. The number of benzene rings is 2. The van der Waals surface area contributed by atoms with Gasteiger partial charge in [-0.05, 0) is 39.7 Å². The van der Waals surface area contributed by atoms with E-state index in [1.54, 1.807) is 12.1 Å². The Bertz CT molecular complexity index is 1080. The molecule has 2 aromatic carbocycles. The Kier molecular flexibility index (Phi) is 3.85. The minimum absolute atomic E-state index is 0.00747. The van der Waals surface area contributed by atoms with E-state index in [-0.39, 0.29) is 11.6 Å². The van der Waals surface area contributed by atoms with Crippen LogP contribution in [0.5, 0.6) is 17.2 Å². The molecule has 0 saturated carbocycles. The average Bonchev–Trinajstić information content (AvgIpc) is 3.12. The number of fused-ring (bicyclic) bond motifs is 3. The van der Waals surface area contributed by atoms with Crippen molar-refractivity contribution < 1.29 is 14.6 Å². The molecule has 2 atom stereocenters. The zero-order valence-corrected chi connectivity index (χ0v) is 15.3. The molecule has 1 aliphatic heterocycles. The molecule has 1 aromatic heterocycles. The van der Waals surface area contributed by atoms with E-state index in [2.05, 4.69) is 27.0 Å². The third kappa shape index (κ3) is 2.34. The Morgan fingerprint density at radius 1 is 1.35 bits per heavy atom. The summed E-state index contributed by atoms with van der Waals surface area (Å²) in [4.78, 5) is 3.14. The van der Waals surface area contributed by atoms with Gasteiger partial charge < -0.3 is 19.6 Å². The number of methoxy groups -OCH3 is 1. The average molecular weight is 412 g/mol. The maximum atomic E-state index is 10.1. The number of phenolic OH excluding ortho intramolecular Hbond substituents is 1. The number of nitrogens with zero attached hydrogens (tertiary/aromatic N) is 1. The van der Waals surface area contributed by atoms with Crippen LogP contribution in [0.2, 0.25) is 0 Å². The van der Waals surface area contributed by atoms with E-state index in [0.717, 1.165) is 22.0 Å². The first kappa shape index (κ1) is 16.5. The Morgan fingerprint density at radius 2 is 2.15 bits per heavy atom. The van der Waals surface area contributed by atoms with Gasteiger partial charge in [0.1, 0.15) is 5.92 Å². The summed E-state index contributed by atoms with van der Waals surface area (Å²) in [6.07, 6.45) is 1.81. The van der Waals surface area contributed by atoms with Gasteiger partial charge in [0.15, 0.2) is 17.2 Å². The molecule has 2 unspecified atom stereocenters. The summed E-state index contributed by atoms with van der Waals surface area (Å²) in [5.41, 5.74) is 2.35. The first-order valence-electron chi connectivity index (χ1n) is 7.87. The normalized spacial score (nSPS) is 18.9. The van der Waals surface area contributed by atoms with E-state index in [1.807, 2.05) is 24.4 Å². The van der Waals surface area contributed by atoms with E-state index < -0.39 is 11.8 Å². The summed E-state index contributed by atoms with van der Waals surface area (Å²) in [5, 5.41) is 29.0. The molecule has 0 saturated heterocycles. The third-order valence-corrected chi connectivity index (χ3v) is 5.25. The molecule has 2 heterocycles. The predicted octanol–water partition coefficient (Wildman–Crippen LogP) is 4.29. The van der Waals surface area contributed by atoms with Crippen molar-refractivity contribution in [3.63, 3.8) is 0 Å². The minimum atomic E-state index is -0.781. The second kappa shape index (κ2) is 6.07. The maximum absolute atomic E-state index is 10.1. The van der Waals surface area contributed by atoms with Crippen molar-refractivity contribution in [1.82, 2.24) is 4.98 Å². The van der Waals surface area contributed by atoms with Crippen LogP contribution < -0.4 is 9.47 Å². The molecular formula is C19H14BrN3O3. The summed E-state index contributed by atoms with van der Waals surface area (Å²) in [7, 11) is 1.47. The van der Waals surface area contributed by atoms with Gasteiger partial charge in [-0.3, -0.25) is 5.41 Å². The largest absolute Gasteiger partial charge is 0.503 e. The molecule has 6 nitrogen and oxygen atoms in total. The molecule has 1 aliphatic rings. The molecule has 130 valence electrons. The molecule has 0 radical (unpaired) electrons. The first-order valence-corrected chi connectivity index (χ1v) is 8.66. The van der Waals surface area contributed by atoms with Crippen molar-refractivity contribution in [3.8, 4) is 23.3 Å². The Hall–Kier alpha value is -2.98. The van der Waals surface area contributed by atoms with Gasteiger partial charge in [-0.15, -0.1) is 0 Å². The van der Waals surface area contributed by atoms with E-state index in [9.17, 15) is 10.4 Å². The number of phenols is 1. The molecule has 0 fully saturated rings. The first-order chi connectivity index (χ1) is 12.5. The van der Waals surface area contributed by atoms with Crippen LogP contribution in [-0.2, 0) is 0 Å². The fourth-order valence-electron chi connectivity index (χ4n) is 3.41. The number of hydrogen-bond donors (Lipinski definition) is 3. The molecule has 26 heavy (non-hydrogen) atoms. The van der Waals surface area contributed by atoms with Crippen LogP contribution in [0.4, 0.5) is 0 Å². The fourth-order valence-corrected chi connectivity index (χ4v) is 3.87. The highest BCUT2D eigenvalue weighted by Crippen LogP contribution is 2.47. The topological polar surface area (TPSA) is 102 Å². The number of hydrogen-bond acceptors (Lipinski definition) is 5. The van der Waals surface area contributed by atoms with Crippen LogP contribution in [0.15, 0.2) is 41.0 Å². The molecule has 4 rings (SSSR count). The smallest absolute Gasteiger partial charge is 0.205 e. The zero-order chi connectivity index (χ0) is 18.4. The lowest BCUT2D eigenvalue weighted by Crippen LogP contribution is -2.31. The second-order valence-corrected chi connectivity index (χ2v) is 6.88. The highest BCUT2D eigenvalue weighted by atomic mass is 79.9. The monoisotopic (exact) mass is 411 g/mol. The summed E-state index contributed by atoms with van der Waals surface area (Å²) in [5.74, 6) is -0.461. The summed E-state index contributed by atoms with van der Waals surface area (Å²) >= 11 is 3.33. The minimum Gasteiger partial charge on any atom is -0.503 e. The Morgan fingerprint density at radius 3 is 2.88 bits per heavy atom. The molecule has 7 heteroatoms. The van der Waals surface area contributed by atoms with Crippen LogP contribution in [0, 0.1) is 22.7 Å². The highest BCUT2D eigenvalue weighted by Gasteiger charge is 2.38. The van der Waals surface area contributed by atoms with E-state index in [0.29, 0.717) is 16.0 Å². The molecule has 0 aliphatic carbocycles. The number of rotatable bonds is 2. The quantitative estimate of drug-likeness (QED) is 0.585. The van der Waals surface area contributed by atoms with Gasteiger partial charge in [0.2, 0.25) is 5.90 Å². The molecular weight excluding hydrogens is 398 g/mol. The van der Waals surface area contributed by atoms with Crippen molar-refractivity contribution in [2.24, 2.45) is 5.92 Å². The maximum Gasteiger partial charge on any atom is 0.205 e. The van der Waals surface area contributed by atoms with Gasteiger partial charge in [-0.1, -0.05) is 12.1 Å². The summed E-state index contributed by atoms with van der Waals surface area (Å²) < 4.78 is 11.4. The lowest BCUT2D eigenvalue weighted by atomic mass is 9.78. The number of aromatic amines is 1. The van der Waals surface area contributed by atoms with E-state index in [4.69, 9.17) is 14.9 Å². The van der Waals surface area contributed by atoms with Gasteiger partial charge in [0.25, 0.3) is 0 Å². The van der Waals surface area contributed by atoms with Crippen molar-refractivity contribution in [2.45, 2.75) is 5.92 Å². The highest BCUT2D eigenvalue weighted by molar-refractivity contribution is 9.10. The lowest BCUT2D eigenvalue weighted by molar-refractivity contribution is 0.370. The van der Waals surface area contributed by atoms with Crippen molar-refractivity contribution in [3.05, 3.63) is 52.1 Å². The number of ether oxygens (including phenoxy) is 2. The number of halogens is 1. The summed E-state index contributed by atoms with van der Waals surface area (Å²) in [6, 6.07) is 11.4. The van der Waals surface area contributed by atoms with E-state index in [1.165, 1.54) is 7.11 Å². The van der Waals surface area contributed by atoms with Crippen LogP contribution >= 0.6 is 15.9 Å². The lowest BCUT2D eigenvalue weighted by Gasteiger charge is -2.31. The Labute approximate surface area is 157 Å². The number of H-pyrrole nitrogens is 1. The number of nitrogens with one attached hydrogen (secondary N) is 2. The van der Waals surface area contributed by atoms with Crippen molar-refractivity contribution in [1.29, 1.82) is 10.7 Å². The van der Waals surface area contributed by atoms with E-state index >= 15 is 0 Å². The van der Waals surface area contributed by atoms with Gasteiger partial charge in [0, 0.05) is 23.1 Å². The van der Waals surface area contributed by atoms with Crippen LogP contribution in [0.1, 0.15) is 17.0 Å². The Balaban J connectivity index is 1.99. The van der Waals surface area contributed by atoms with Crippen molar-refractivity contribution >= 4 is 32.7 Å². The van der Waals surface area contributed by atoms with Gasteiger partial charge >= 0.3 is 0 Å². The predicted molar refractivity (Wildman–Crippen MR) is 100.0 cm³/mol. The molecule has 3 N–H and O–H groups in total. The number of nitriles is 1. The number of aromatic hydroxyl groups is 1. The van der Waals surface area contributed by atoms with Gasteiger partial charge in [-0.25, -0.2) is 0 Å². The molecule has 0 amide bonds. The van der Waals surface area contributed by atoms with Crippen LogP contribution in [0.25, 0.3) is 10.9 Å². The van der Waals surface area contributed by atoms with Gasteiger partial charge in [0.05, 0.1) is 23.2 Å². The van der Waals surface area contributed by atoms with Crippen molar-refractivity contribution in [2.75, 3.05) is 7.11 Å².